The van der Waals surface area contributed by atoms with Gasteiger partial charge < -0.3 is 15.4 Å². The van der Waals surface area contributed by atoms with Gasteiger partial charge in [0, 0.05) is 5.69 Å². The highest BCUT2D eigenvalue weighted by Gasteiger charge is 2.42. The van der Waals surface area contributed by atoms with Gasteiger partial charge in [0.25, 0.3) is 0 Å². The number of carbonyl (C=O) groups excluding carboxylic acids is 3. The Balaban J connectivity index is 1.65. The Hall–Kier alpha value is -3.22. The van der Waals surface area contributed by atoms with E-state index in [4.69, 9.17) is 0 Å². The fraction of sp³-hybridized carbons (Fsp3) is 0.348. The predicted octanol–water partition coefficient (Wildman–Crippen LogP) is 3.11. The molecule has 30 heavy (non-hydrogen) atoms. The second-order valence-corrected chi connectivity index (χ2v) is 7.48. The van der Waals surface area contributed by atoms with Crippen LogP contribution in [0, 0.1) is 5.82 Å². The SMILES string of the molecule is COC(=O)CNC(=O)Cc1ccc(NC(=O)C2(c3cccc(F)c3)CCCC2)cc1. The third kappa shape index (κ3) is 5.03. The lowest BCUT2D eigenvalue weighted by Crippen LogP contribution is -2.38. The van der Waals surface area contributed by atoms with Crippen molar-refractivity contribution < 1.29 is 23.5 Å². The quantitative estimate of drug-likeness (QED) is 0.685. The molecule has 0 heterocycles. The average Bonchev–Trinajstić information content (AvgIpc) is 3.25. The Morgan fingerprint density at radius 1 is 1.07 bits per heavy atom. The van der Waals surface area contributed by atoms with Crippen molar-refractivity contribution in [3.05, 3.63) is 65.5 Å². The fourth-order valence-electron chi connectivity index (χ4n) is 3.86. The van der Waals surface area contributed by atoms with Crippen molar-refractivity contribution in [2.24, 2.45) is 0 Å². The van der Waals surface area contributed by atoms with E-state index in [1.165, 1.54) is 19.2 Å². The van der Waals surface area contributed by atoms with E-state index in [2.05, 4.69) is 15.4 Å². The zero-order valence-corrected chi connectivity index (χ0v) is 16.9. The van der Waals surface area contributed by atoms with Gasteiger partial charge in [0.05, 0.1) is 18.9 Å². The first-order chi connectivity index (χ1) is 14.4. The number of benzene rings is 2. The number of methoxy groups -OCH3 is 1. The van der Waals surface area contributed by atoms with Crippen molar-refractivity contribution in [3.63, 3.8) is 0 Å². The fourth-order valence-corrected chi connectivity index (χ4v) is 3.86. The highest BCUT2D eigenvalue weighted by atomic mass is 19.1. The lowest BCUT2D eigenvalue weighted by molar-refractivity contribution is -0.141. The van der Waals surface area contributed by atoms with E-state index in [9.17, 15) is 18.8 Å². The largest absolute Gasteiger partial charge is 0.468 e. The third-order valence-corrected chi connectivity index (χ3v) is 5.50. The molecule has 1 aliphatic carbocycles. The van der Waals surface area contributed by atoms with E-state index in [1.807, 2.05) is 6.07 Å². The molecule has 1 saturated carbocycles. The van der Waals surface area contributed by atoms with Gasteiger partial charge in [-0.05, 0) is 48.2 Å². The van der Waals surface area contributed by atoms with Crippen molar-refractivity contribution in [2.45, 2.75) is 37.5 Å². The zero-order chi connectivity index (χ0) is 21.6. The van der Waals surface area contributed by atoms with E-state index in [0.29, 0.717) is 24.1 Å². The molecule has 3 rings (SSSR count). The number of amides is 2. The maximum absolute atomic E-state index is 13.8. The van der Waals surface area contributed by atoms with Gasteiger partial charge in [0.15, 0.2) is 0 Å². The summed E-state index contributed by atoms with van der Waals surface area (Å²) < 4.78 is 18.2. The van der Waals surface area contributed by atoms with Crippen molar-refractivity contribution in [2.75, 3.05) is 19.0 Å². The minimum Gasteiger partial charge on any atom is -0.468 e. The Kier molecular flexibility index (Phi) is 6.82. The lowest BCUT2D eigenvalue weighted by atomic mass is 9.78. The molecule has 7 heteroatoms. The highest BCUT2D eigenvalue weighted by molar-refractivity contribution is 5.99. The summed E-state index contributed by atoms with van der Waals surface area (Å²) in [5.41, 5.74) is 1.34. The van der Waals surface area contributed by atoms with E-state index in [1.54, 1.807) is 30.3 Å². The van der Waals surface area contributed by atoms with Gasteiger partial charge in [-0.3, -0.25) is 14.4 Å². The van der Waals surface area contributed by atoms with Gasteiger partial charge in [0.2, 0.25) is 11.8 Å². The van der Waals surface area contributed by atoms with Crippen LogP contribution in [-0.2, 0) is 31.0 Å². The Labute approximate surface area is 174 Å². The van der Waals surface area contributed by atoms with Crippen LogP contribution in [0.2, 0.25) is 0 Å². The molecule has 0 saturated heterocycles. The smallest absolute Gasteiger partial charge is 0.325 e. The van der Waals surface area contributed by atoms with E-state index >= 15 is 0 Å². The molecule has 2 aromatic carbocycles. The maximum Gasteiger partial charge on any atom is 0.325 e. The standard InChI is InChI=1S/C23H25FN2O4/c1-30-21(28)15-25-20(27)13-16-7-9-19(10-8-16)26-22(29)23(11-2-3-12-23)17-5-4-6-18(24)14-17/h4-10,14H,2-3,11-13,15H2,1H3,(H,25,27)(H,26,29). The Morgan fingerprint density at radius 2 is 1.77 bits per heavy atom. The average molecular weight is 412 g/mol. The number of ether oxygens (including phenoxy) is 1. The molecular weight excluding hydrogens is 387 g/mol. The van der Waals surface area contributed by atoms with Gasteiger partial charge in [-0.1, -0.05) is 37.1 Å². The molecule has 6 nitrogen and oxygen atoms in total. The number of hydrogen-bond acceptors (Lipinski definition) is 4. The molecule has 0 atom stereocenters. The van der Waals surface area contributed by atoms with Crippen molar-refractivity contribution in [1.29, 1.82) is 0 Å². The molecule has 0 aromatic heterocycles. The number of anilines is 1. The molecule has 2 N–H and O–H groups in total. The van der Waals surface area contributed by atoms with Crippen LogP contribution in [0.4, 0.5) is 10.1 Å². The van der Waals surface area contributed by atoms with Gasteiger partial charge in [0.1, 0.15) is 12.4 Å². The van der Waals surface area contributed by atoms with Crippen LogP contribution in [0.3, 0.4) is 0 Å². The molecular formula is C23H25FN2O4. The minimum atomic E-state index is -0.728. The highest BCUT2D eigenvalue weighted by Crippen LogP contribution is 2.42. The van der Waals surface area contributed by atoms with Crippen LogP contribution < -0.4 is 10.6 Å². The number of nitrogens with one attached hydrogen (secondary N) is 2. The van der Waals surface area contributed by atoms with Crippen LogP contribution in [-0.4, -0.2) is 31.4 Å². The molecule has 158 valence electrons. The van der Waals surface area contributed by atoms with Crippen molar-refractivity contribution in [1.82, 2.24) is 5.32 Å². The van der Waals surface area contributed by atoms with E-state index in [-0.39, 0.29) is 30.6 Å². The summed E-state index contributed by atoms with van der Waals surface area (Å²) >= 11 is 0. The van der Waals surface area contributed by atoms with Crippen molar-refractivity contribution in [3.8, 4) is 0 Å². The molecule has 1 aliphatic rings. The van der Waals surface area contributed by atoms with Crippen LogP contribution in [0.25, 0.3) is 0 Å². The first kappa shape index (κ1) is 21.5. The predicted molar refractivity (Wildman–Crippen MR) is 110 cm³/mol. The number of carbonyl (C=O) groups is 3. The molecule has 1 fully saturated rings. The summed E-state index contributed by atoms with van der Waals surface area (Å²) in [6, 6.07) is 13.2. The van der Waals surface area contributed by atoms with E-state index < -0.39 is 11.4 Å². The summed E-state index contributed by atoms with van der Waals surface area (Å²) in [6.07, 6.45) is 3.31. The second-order valence-electron chi connectivity index (χ2n) is 7.48. The summed E-state index contributed by atoms with van der Waals surface area (Å²) in [5.74, 6) is -1.30. The van der Waals surface area contributed by atoms with Crippen LogP contribution in [0.1, 0.15) is 36.8 Å². The summed E-state index contributed by atoms with van der Waals surface area (Å²) in [5, 5.41) is 5.43. The van der Waals surface area contributed by atoms with Crippen molar-refractivity contribution >= 4 is 23.5 Å². The van der Waals surface area contributed by atoms with Crippen LogP contribution in [0.5, 0.6) is 0 Å². The molecule has 0 aliphatic heterocycles. The van der Waals surface area contributed by atoms with E-state index in [0.717, 1.165) is 18.4 Å². The molecule has 2 amide bonds. The second kappa shape index (κ2) is 9.52. The zero-order valence-electron chi connectivity index (χ0n) is 16.9. The van der Waals surface area contributed by atoms with Gasteiger partial charge in [-0.15, -0.1) is 0 Å². The number of rotatable bonds is 7. The van der Waals surface area contributed by atoms with Crippen LogP contribution in [0.15, 0.2) is 48.5 Å². The van der Waals surface area contributed by atoms with Gasteiger partial charge >= 0.3 is 5.97 Å². The lowest BCUT2D eigenvalue weighted by Gasteiger charge is -2.28. The maximum atomic E-state index is 13.8. The number of hydrogen-bond donors (Lipinski definition) is 2. The Bertz CT molecular complexity index is 921. The number of esters is 1. The van der Waals surface area contributed by atoms with Gasteiger partial charge in [-0.25, -0.2) is 4.39 Å². The number of halogens is 1. The summed E-state index contributed by atoms with van der Waals surface area (Å²) in [6.45, 7) is -0.175. The molecule has 0 unspecified atom stereocenters. The summed E-state index contributed by atoms with van der Waals surface area (Å²) in [7, 11) is 1.26. The van der Waals surface area contributed by atoms with Gasteiger partial charge in [-0.2, -0.15) is 0 Å². The third-order valence-electron chi connectivity index (χ3n) is 5.50. The normalized spacial score (nSPS) is 14.7. The summed E-state index contributed by atoms with van der Waals surface area (Å²) in [4.78, 5) is 36.1. The molecule has 0 spiro atoms. The molecule has 0 radical (unpaired) electrons. The van der Waals surface area contributed by atoms with Crippen LogP contribution >= 0.6 is 0 Å². The first-order valence-electron chi connectivity index (χ1n) is 9.93. The first-order valence-corrected chi connectivity index (χ1v) is 9.93. The molecule has 0 bridgehead atoms. The molecule has 2 aromatic rings. The Morgan fingerprint density at radius 3 is 2.40 bits per heavy atom. The topological polar surface area (TPSA) is 84.5 Å². The monoisotopic (exact) mass is 412 g/mol. The minimum absolute atomic E-state index is 0.110.